The summed E-state index contributed by atoms with van der Waals surface area (Å²) in [6.07, 6.45) is -0.941. The van der Waals surface area contributed by atoms with E-state index < -0.39 is 12.2 Å². The van der Waals surface area contributed by atoms with E-state index in [-0.39, 0.29) is 11.6 Å². The Morgan fingerprint density at radius 3 is 2.52 bits per heavy atom. The fraction of sp³-hybridized carbons (Fsp3) is 0.143. The highest BCUT2D eigenvalue weighted by atomic mass is 16.6. The molecule has 0 bridgehead atoms. The molecule has 4 rings (SSSR count). The third-order valence-corrected chi connectivity index (χ3v) is 4.56. The van der Waals surface area contributed by atoms with Gasteiger partial charge in [0.2, 0.25) is 5.56 Å². The summed E-state index contributed by atoms with van der Waals surface area (Å²) in [6.45, 7) is 0. The third-order valence-electron chi connectivity index (χ3n) is 4.56. The Balaban J connectivity index is 1.71. The number of hydrogen-bond acceptors (Lipinski definition) is 4. The van der Waals surface area contributed by atoms with Crippen molar-refractivity contribution in [2.45, 2.75) is 12.1 Å². The van der Waals surface area contributed by atoms with Crippen LogP contribution in [0.25, 0.3) is 11.3 Å². The summed E-state index contributed by atoms with van der Waals surface area (Å²) in [5, 5.41) is 2.87. The van der Waals surface area contributed by atoms with Crippen LogP contribution in [0.1, 0.15) is 23.3 Å². The van der Waals surface area contributed by atoms with Gasteiger partial charge in [-0.05, 0) is 41.0 Å². The predicted molar refractivity (Wildman–Crippen MR) is 101 cm³/mol. The maximum Gasteiger partial charge on any atom is 0.408 e. The van der Waals surface area contributed by atoms with Crippen molar-refractivity contribution in [1.82, 2.24) is 10.3 Å². The molecular formula is C21H18N2O4. The molecule has 3 aromatic rings. The highest BCUT2D eigenvalue weighted by Gasteiger charge is 2.36. The standard InChI is InChI=1S/C21H18N2O4/c1-26-16-8-3-7-15(12-16)20-19(23-21(25)27-20)14-6-2-5-13(11-14)17-9-4-10-18(24)22-17/h2-12,19-20H,1H3,(H,22,24)(H,23,25)/t19-,20-/m1/s1. The predicted octanol–water partition coefficient (Wildman–Crippen LogP) is 3.57. The molecule has 1 aliphatic heterocycles. The average Bonchev–Trinajstić information content (AvgIpc) is 3.10. The minimum absolute atomic E-state index is 0.162. The van der Waals surface area contributed by atoms with Crippen molar-refractivity contribution in [2.24, 2.45) is 0 Å². The number of cyclic esters (lactones) is 1. The van der Waals surface area contributed by atoms with Crippen molar-refractivity contribution < 1.29 is 14.3 Å². The van der Waals surface area contributed by atoms with Crippen molar-refractivity contribution in [3.8, 4) is 17.0 Å². The molecule has 2 atom stereocenters. The molecule has 1 aromatic heterocycles. The van der Waals surface area contributed by atoms with Crippen molar-refractivity contribution in [3.63, 3.8) is 0 Å². The van der Waals surface area contributed by atoms with Crippen molar-refractivity contribution in [1.29, 1.82) is 0 Å². The molecule has 2 heterocycles. The van der Waals surface area contributed by atoms with Crippen LogP contribution in [0.4, 0.5) is 4.79 Å². The molecule has 0 spiro atoms. The van der Waals surface area contributed by atoms with Crippen LogP contribution in [0.3, 0.4) is 0 Å². The fourth-order valence-electron chi connectivity index (χ4n) is 3.27. The number of alkyl carbamates (subject to hydrolysis) is 1. The van der Waals surface area contributed by atoms with Gasteiger partial charge in [0.05, 0.1) is 13.2 Å². The second-order valence-electron chi connectivity index (χ2n) is 6.28. The summed E-state index contributed by atoms with van der Waals surface area (Å²) in [5.41, 5.74) is 3.14. The van der Waals surface area contributed by atoms with Crippen molar-refractivity contribution >= 4 is 6.09 Å². The van der Waals surface area contributed by atoms with Crippen LogP contribution in [0, 0.1) is 0 Å². The van der Waals surface area contributed by atoms with E-state index in [1.54, 1.807) is 13.2 Å². The lowest BCUT2D eigenvalue weighted by Crippen LogP contribution is -2.19. The summed E-state index contributed by atoms with van der Waals surface area (Å²) in [7, 11) is 1.60. The normalized spacial score (nSPS) is 18.6. The Morgan fingerprint density at radius 1 is 0.926 bits per heavy atom. The molecule has 1 fully saturated rings. The summed E-state index contributed by atoms with van der Waals surface area (Å²) < 4.78 is 10.8. The Hall–Kier alpha value is -3.54. The largest absolute Gasteiger partial charge is 0.497 e. The van der Waals surface area contributed by atoms with E-state index >= 15 is 0 Å². The van der Waals surface area contributed by atoms with Crippen LogP contribution in [-0.4, -0.2) is 18.2 Å². The SMILES string of the molecule is COc1cccc([C@H]2OC(=O)N[C@@H]2c2cccc(-c3cccc(=O)[nH]3)c2)c1. The van der Waals surface area contributed by atoms with Crippen molar-refractivity contribution in [2.75, 3.05) is 7.11 Å². The van der Waals surface area contributed by atoms with Gasteiger partial charge in [0.1, 0.15) is 5.75 Å². The maximum absolute atomic E-state index is 12.0. The molecule has 27 heavy (non-hydrogen) atoms. The zero-order valence-corrected chi connectivity index (χ0v) is 14.6. The molecule has 6 heteroatoms. The number of benzene rings is 2. The first-order valence-electron chi connectivity index (χ1n) is 8.55. The first-order chi connectivity index (χ1) is 13.1. The Bertz CT molecular complexity index is 1040. The highest BCUT2D eigenvalue weighted by Crippen LogP contribution is 2.38. The molecule has 2 aromatic carbocycles. The first kappa shape index (κ1) is 16.9. The summed E-state index contributed by atoms with van der Waals surface area (Å²) >= 11 is 0. The van der Waals surface area contributed by atoms with E-state index in [2.05, 4.69) is 10.3 Å². The van der Waals surface area contributed by atoms with Crippen LogP contribution in [0.15, 0.2) is 71.5 Å². The fourth-order valence-corrected chi connectivity index (χ4v) is 3.27. The monoisotopic (exact) mass is 362 g/mol. The number of ether oxygens (including phenoxy) is 2. The molecule has 0 aliphatic carbocycles. The van der Waals surface area contributed by atoms with E-state index in [9.17, 15) is 9.59 Å². The van der Waals surface area contributed by atoms with Crippen LogP contribution in [0.5, 0.6) is 5.75 Å². The number of nitrogens with one attached hydrogen (secondary N) is 2. The quantitative estimate of drug-likeness (QED) is 0.743. The molecule has 136 valence electrons. The number of aromatic amines is 1. The average molecular weight is 362 g/mol. The highest BCUT2D eigenvalue weighted by molar-refractivity contribution is 5.71. The topological polar surface area (TPSA) is 80.4 Å². The second kappa shape index (κ2) is 6.99. The molecular weight excluding hydrogens is 344 g/mol. The van der Waals surface area contributed by atoms with Gasteiger partial charge in [-0.1, -0.05) is 36.4 Å². The van der Waals surface area contributed by atoms with Gasteiger partial charge >= 0.3 is 6.09 Å². The number of methoxy groups -OCH3 is 1. The van der Waals surface area contributed by atoms with Gasteiger partial charge < -0.3 is 19.8 Å². The van der Waals surface area contributed by atoms with Gasteiger partial charge in [-0.25, -0.2) is 4.79 Å². The van der Waals surface area contributed by atoms with Crippen LogP contribution < -0.4 is 15.6 Å². The van der Waals surface area contributed by atoms with E-state index in [0.717, 1.165) is 16.7 Å². The molecule has 1 amide bonds. The third kappa shape index (κ3) is 3.42. The molecule has 0 radical (unpaired) electrons. The number of carbonyl (C=O) groups is 1. The molecule has 0 saturated carbocycles. The minimum atomic E-state index is -0.474. The summed E-state index contributed by atoms with van der Waals surface area (Å²) in [6, 6.07) is 19.8. The lowest BCUT2D eigenvalue weighted by molar-refractivity contribution is 0.132. The van der Waals surface area contributed by atoms with Crippen LogP contribution in [-0.2, 0) is 4.74 Å². The summed E-state index contributed by atoms with van der Waals surface area (Å²) in [5.74, 6) is 0.699. The lowest BCUT2D eigenvalue weighted by atomic mass is 9.94. The van der Waals surface area contributed by atoms with Gasteiger partial charge in [0, 0.05) is 11.8 Å². The van der Waals surface area contributed by atoms with Gasteiger partial charge in [0.15, 0.2) is 6.10 Å². The second-order valence-corrected chi connectivity index (χ2v) is 6.28. The van der Waals surface area contributed by atoms with E-state index in [4.69, 9.17) is 9.47 Å². The molecule has 1 saturated heterocycles. The number of pyridine rings is 1. The smallest absolute Gasteiger partial charge is 0.408 e. The number of carbonyl (C=O) groups excluding carboxylic acids is 1. The van der Waals surface area contributed by atoms with Gasteiger partial charge in [-0.2, -0.15) is 0 Å². The Kier molecular flexibility index (Phi) is 4.38. The Morgan fingerprint density at radius 2 is 1.70 bits per heavy atom. The van der Waals surface area contributed by atoms with Gasteiger partial charge in [0.25, 0.3) is 0 Å². The van der Waals surface area contributed by atoms with E-state index in [1.165, 1.54) is 6.07 Å². The van der Waals surface area contributed by atoms with Crippen molar-refractivity contribution in [3.05, 3.63) is 88.2 Å². The van der Waals surface area contributed by atoms with Gasteiger partial charge in [-0.3, -0.25) is 4.79 Å². The zero-order chi connectivity index (χ0) is 18.8. The first-order valence-corrected chi connectivity index (χ1v) is 8.55. The number of rotatable bonds is 4. The number of amides is 1. The Labute approximate surface area is 155 Å². The number of H-pyrrole nitrogens is 1. The van der Waals surface area contributed by atoms with E-state index in [1.807, 2.05) is 54.6 Å². The van der Waals surface area contributed by atoms with Crippen LogP contribution >= 0.6 is 0 Å². The summed E-state index contributed by atoms with van der Waals surface area (Å²) in [4.78, 5) is 26.4. The zero-order valence-electron chi connectivity index (χ0n) is 14.6. The maximum atomic E-state index is 12.0. The van der Waals surface area contributed by atoms with Crippen LogP contribution in [0.2, 0.25) is 0 Å². The lowest BCUT2D eigenvalue weighted by Gasteiger charge is -2.19. The number of aromatic nitrogens is 1. The van der Waals surface area contributed by atoms with Gasteiger partial charge in [-0.15, -0.1) is 0 Å². The molecule has 6 nitrogen and oxygen atoms in total. The number of hydrogen-bond donors (Lipinski definition) is 2. The van der Waals surface area contributed by atoms with E-state index in [0.29, 0.717) is 11.4 Å². The molecule has 2 N–H and O–H groups in total. The molecule has 1 aliphatic rings. The molecule has 0 unspecified atom stereocenters. The minimum Gasteiger partial charge on any atom is -0.497 e.